The van der Waals surface area contributed by atoms with Gasteiger partial charge in [-0.05, 0) is 23.8 Å². The second-order valence-electron chi connectivity index (χ2n) is 6.00. The summed E-state index contributed by atoms with van der Waals surface area (Å²) in [5, 5.41) is 0.834. The van der Waals surface area contributed by atoms with Crippen LogP contribution < -0.4 is 4.72 Å². The first kappa shape index (κ1) is 17.5. The smallest absolute Gasteiger partial charge is 0.361 e. The highest BCUT2D eigenvalue weighted by Gasteiger charge is 2.37. The Balaban J connectivity index is 1.81. The highest BCUT2D eigenvalue weighted by atomic mass is 32.2. The van der Waals surface area contributed by atoms with E-state index in [-0.39, 0.29) is 12.3 Å². The van der Waals surface area contributed by atoms with Gasteiger partial charge in [0.05, 0.1) is 11.3 Å². The molecule has 0 saturated carbocycles. The van der Waals surface area contributed by atoms with Gasteiger partial charge in [-0.15, -0.1) is 0 Å². The van der Waals surface area contributed by atoms with Crippen LogP contribution in [0.5, 0.6) is 0 Å². The van der Waals surface area contributed by atoms with Gasteiger partial charge in [-0.1, -0.05) is 18.2 Å². The third-order valence-electron chi connectivity index (χ3n) is 4.18. The molecule has 4 rings (SSSR count). The van der Waals surface area contributed by atoms with Gasteiger partial charge in [0, 0.05) is 23.5 Å². The maximum absolute atomic E-state index is 13.7. The number of H-pyrrole nitrogens is 1. The molecule has 1 aliphatic rings. The van der Waals surface area contributed by atoms with Crippen molar-refractivity contribution in [3.05, 3.63) is 59.5 Å². The second-order valence-corrected chi connectivity index (χ2v) is 7.65. The van der Waals surface area contributed by atoms with Crippen molar-refractivity contribution in [2.45, 2.75) is 17.5 Å². The molecule has 2 N–H and O–H groups in total. The van der Waals surface area contributed by atoms with Gasteiger partial charge in [-0.2, -0.15) is 13.2 Å². The highest BCUT2D eigenvalue weighted by molar-refractivity contribution is 7.90. The van der Waals surface area contributed by atoms with Crippen molar-refractivity contribution in [3.8, 4) is 0 Å². The first-order valence-corrected chi connectivity index (χ1v) is 9.19. The van der Waals surface area contributed by atoms with Crippen LogP contribution in [0.15, 0.2) is 52.5 Å². The average Bonchev–Trinajstić information content (AvgIpc) is 2.97. The van der Waals surface area contributed by atoms with Crippen LogP contribution in [0, 0.1) is 5.82 Å². The van der Waals surface area contributed by atoms with Crippen molar-refractivity contribution in [2.24, 2.45) is 4.99 Å². The molecule has 0 amide bonds. The van der Waals surface area contributed by atoms with Crippen LogP contribution in [-0.2, 0) is 22.6 Å². The molecule has 0 spiro atoms. The SMILES string of the molecule is O=S1(=O)NC(Cc2c[nH]c3ccccc23)=Nc2cc(C(F)(F)F)c(F)cc21. The van der Waals surface area contributed by atoms with Crippen molar-refractivity contribution in [1.82, 2.24) is 9.71 Å². The van der Waals surface area contributed by atoms with Crippen LogP contribution >= 0.6 is 0 Å². The fourth-order valence-electron chi connectivity index (χ4n) is 2.98. The Morgan fingerprint density at radius 2 is 1.85 bits per heavy atom. The van der Waals surface area contributed by atoms with E-state index in [1.165, 1.54) is 0 Å². The Morgan fingerprint density at radius 1 is 1.11 bits per heavy atom. The minimum atomic E-state index is -4.96. The van der Waals surface area contributed by atoms with E-state index in [4.69, 9.17) is 0 Å². The van der Waals surface area contributed by atoms with Gasteiger partial charge in [0.15, 0.2) is 0 Å². The number of benzene rings is 2. The molecule has 0 saturated heterocycles. The van der Waals surface area contributed by atoms with Gasteiger partial charge in [0.25, 0.3) is 10.0 Å². The summed E-state index contributed by atoms with van der Waals surface area (Å²) in [5.74, 6) is -1.71. The number of alkyl halides is 3. The van der Waals surface area contributed by atoms with E-state index < -0.39 is 38.2 Å². The molecule has 3 aromatic rings. The third kappa shape index (κ3) is 3.05. The molecule has 10 heteroatoms. The molecular formula is C17H11F4N3O2S. The maximum Gasteiger partial charge on any atom is 0.419 e. The zero-order chi connectivity index (χ0) is 19.4. The standard InChI is InChI=1S/C17H11F4N3O2S/c18-12-7-15-14(6-11(12)17(19,20)21)23-16(24-27(15,25)26)5-9-8-22-13-4-2-1-3-10(9)13/h1-4,6-8,22H,5H2,(H,23,24). The van der Waals surface area contributed by atoms with E-state index in [0.29, 0.717) is 17.7 Å². The topological polar surface area (TPSA) is 74.3 Å². The summed E-state index contributed by atoms with van der Waals surface area (Å²) >= 11 is 0. The number of aromatic amines is 1. The Kier molecular flexibility index (Phi) is 3.77. The number of aromatic nitrogens is 1. The van der Waals surface area contributed by atoms with E-state index >= 15 is 0 Å². The molecule has 2 heterocycles. The number of hydrogen-bond acceptors (Lipinski definition) is 3. The van der Waals surface area contributed by atoms with Crippen molar-refractivity contribution in [3.63, 3.8) is 0 Å². The lowest BCUT2D eigenvalue weighted by atomic mass is 10.1. The van der Waals surface area contributed by atoms with Gasteiger partial charge >= 0.3 is 6.18 Å². The lowest BCUT2D eigenvalue weighted by Gasteiger charge is -2.19. The first-order valence-electron chi connectivity index (χ1n) is 7.71. The number of aliphatic imine (C=N–C) groups is 1. The van der Waals surface area contributed by atoms with Gasteiger partial charge in [-0.3, -0.25) is 4.72 Å². The minimum absolute atomic E-state index is 0.0431. The van der Waals surface area contributed by atoms with Crippen LogP contribution in [0.4, 0.5) is 23.2 Å². The Hall–Kier alpha value is -2.88. The molecule has 0 aliphatic carbocycles. The predicted molar refractivity (Wildman–Crippen MR) is 90.8 cm³/mol. The van der Waals surface area contributed by atoms with Gasteiger partial charge < -0.3 is 4.98 Å². The molecule has 0 atom stereocenters. The molecule has 140 valence electrons. The van der Waals surface area contributed by atoms with E-state index in [1.807, 2.05) is 18.2 Å². The fraction of sp³-hybridized carbons (Fsp3) is 0.118. The van der Waals surface area contributed by atoms with Crippen molar-refractivity contribution < 1.29 is 26.0 Å². The van der Waals surface area contributed by atoms with Gasteiger partial charge in [-0.25, -0.2) is 17.8 Å². The van der Waals surface area contributed by atoms with E-state index in [0.717, 1.165) is 10.9 Å². The van der Waals surface area contributed by atoms with Crippen LogP contribution in [0.1, 0.15) is 11.1 Å². The first-order chi connectivity index (χ1) is 12.6. The number of nitrogens with one attached hydrogen (secondary N) is 2. The van der Waals surface area contributed by atoms with Crippen LogP contribution in [0.25, 0.3) is 10.9 Å². The molecule has 1 aliphatic heterocycles. The Bertz CT molecular complexity index is 1200. The largest absolute Gasteiger partial charge is 0.419 e. The summed E-state index contributed by atoms with van der Waals surface area (Å²) in [7, 11) is -4.23. The summed E-state index contributed by atoms with van der Waals surface area (Å²) in [6.45, 7) is 0. The lowest BCUT2D eigenvalue weighted by molar-refractivity contribution is -0.140. The summed E-state index contributed by atoms with van der Waals surface area (Å²) in [6, 6.07) is 8.04. The van der Waals surface area contributed by atoms with E-state index in [2.05, 4.69) is 14.7 Å². The summed E-state index contributed by atoms with van der Waals surface area (Å²) in [6.07, 6.45) is -3.25. The maximum atomic E-state index is 13.7. The summed E-state index contributed by atoms with van der Waals surface area (Å²) in [4.78, 5) is 6.38. The van der Waals surface area contributed by atoms with E-state index in [1.54, 1.807) is 12.3 Å². The number of amidine groups is 1. The molecule has 0 fully saturated rings. The molecule has 1 aromatic heterocycles. The van der Waals surface area contributed by atoms with Gasteiger partial charge in [0.2, 0.25) is 0 Å². The normalized spacial score (nSPS) is 15.9. The Morgan fingerprint density at radius 3 is 2.59 bits per heavy atom. The average molecular weight is 397 g/mol. The van der Waals surface area contributed by atoms with Crippen LogP contribution in [-0.4, -0.2) is 19.2 Å². The monoisotopic (exact) mass is 397 g/mol. The van der Waals surface area contributed by atoms with E-state index in [9.17, 15) is 26.0 Å². The summed E-state index contributed by atoms with van der Waals surface area (Å²) in [5.41, 5.74) is -0.465. The molecule has 0 bridgehead atoms. The number of sulfonamides is 1. The number of rotatable bonds is 2. The second kappa shape index (κ2) is 5.81. The number of nitrogens with zero attached hydrogens (tertiary/aromatic N) is 1. The van der Waals surface area contributed by atoms with Crippen molar-refractivity contribution in [1.29, 1.82) is 0 Å². The van der Waals surface area contributed by atoms with Crippen molar-refractivity contribution >= 4 is 32.4 Å². The number of fused-ring (bicyclic) bond motifs is 2. The van der Waals surface area contributed by atoms with Crippen molar-refractivity contribution in [2.75, 3.05) is 0 Å². The van der Waals surface area contributed by atoms with Gasteiger partial charge in [0.1, 0.15) is 16.5 Å². The zero-order valence-electron chi connectivity index (χ0n) is 13.4. The Labute approximate surface area is 150 Å². The molecule has 2 aromatic carbocycles. The highest BCUT2D eigenvalue weighted by Crippen LogP contribution is 2.38. The summed E-state index contributed by atoms with van der Waals surface area (Å²) < 4.78 is 79.4. The quantitative estimate of drug-likeness (QED) is 0.644. The number of hydrogen-bond donors (Lipinski definition) is 2. The molecule has 27 heavy (non-hydrogen) atoms. The number of halogens is 4. The fourth-order valence-corrected chi connectivity index (χ4v) is 4.15. The molecule has 0 radical (unpaired) electrons. The van der Waals surface area contributed by atoms with Crippen LogP contribution in [0.3, 0.4) is 0 Å². The predicted octanol–water partition coefficient (Wildman–Crippen LogP) is 3.89. The molecular weight excluding hydrogens is 386 g/mol. The minimum Gasteiger partial charge on any atom is -0.361 e. The molecule has 0 unspecified atom stereocenters. The number of para-hydroxylation sites is 1. The van der Waals surface area contributed by atoms with Crippen LogP contribution in [0.2, 0.25) is 0 Å². The third-order valence-corrected chi connectivity index (χ3v) is 5.59. The lowest BCUT2D eigenvalue weighted by Crippen LogP contribution is -2.34. The zero-order valence-corrected chi connectivity index (χ0v) is 14.2. The molecule has 5 nitrogen and oxygen atoms in total.